The van der Waals surface area contributed by atoms with Crippen LogP contribution in [0.25, 0.3) is 0 Å². The molecule has 4 rings (SSSR count). The molecule has 0 saturated carbocycles. The lowest BCUT2D eigenvalue weighted by atomic mass is 10.1. The van der Waals surface area contributed by atoms with Crippen molar-refractivity contribution >= 4 is 23.4 Å². The molecule has 2 aliphatic rings. The van der Waals surface area contributed by atoms with E-state index in [1.807, 2.05) is 0 Å². The first-order valence-corrected chi connectivity index (χ1v) is 10.8. The van der Waals surface area contributed by atoms with E-state index in [2.05, 4.69) is 4.98 Å². The summed E-state index contributed by atoms with van der Waals surface area (Å²) in [6.07, 6.45) is -3.66. The number of halogens is 4. The Balaban J connectivity index is 1.61. The predicted molar refractivity (Wildman–Crippen MR) is 113 cm³/mol. The Morgan fingerprint density at radius 2 is 1.94 bits per heavy atom. The van der Waals surface area contributed by atoms with Gasteiger partial charge in [0.15, 0.2) is 12.3 Å². The zero-order chi connectivity index (χ0) is 24.6. The number of likely N-dealkylation sites (tertiary alicyclic amines) is 1. The predicted octanol–water partition coefficient (Wildman–Crippen LogP) is 2.36. The topological polar surface area (TPSA) is 105 Å². The third-order valence-electron chi connectivity index (χ3n) is 5.70. The zero-order valence-corrected chi connectivity index (χ0v) is 18.5. The molecule has 34 heavy (non-hydrogen) atoms. The molecule has 1 aromatic carbocycles. The van der Waals surface area contributed by atoms with Gasteiger partial charge in [-0.15, -0.1) is 0 Å². The van der Waals surface area contributed by atoms with Crippen molar-refractivity contribution in [2.75, 3.05) is 26.2 Å². The fourth-order valence-electron chi connectivity index (χ4n) is 4.22. The summed E-state index contributed by atoms with van der Waals surface area (Å²) in [7, 11) is 0. The first-order chi connectivity index (χ1) is 16.1. The molecular formula is C21H20ClF3N4O5. The normalized spacial score (nSPS) is 18.2. The molecule has 0 aliphatic carbocycles. The maximum Gasteiger partial charge on any atom is 0.406 e. The van der Waals surface area contributed by atoms with E-state index in [0.717, 1.165) is 0 Å². The number of rotatable bonds is 5. The quantitative estimate of drug-likeness (QED) is 0.676. The summed E-state index contributed by atoms with van der Waals surface area (Å²) in [5.41, 5.74) is -1.70. The Labute approximate surface area is 196 Å². The largest absolute Gasteiger partial charge is 0.501 e. The number of aromatic nitrogens is 2. The lowest BCUT2D eigenvalue weighted by Gasteiger charge is -2.34. The van der Waals surface area contributed by atoms with Gasteiger partial charge < -0.3 is 24.2 Å². The Bertz CT molecular complexity index is 1190. The van der Waals surface area contributed by atoms with Crippen LogP contribution < -0.4 is 10.3 Å². The molecule has 1 saturated heterocycles. The molecule has 1 N–H and O–H groups in total. The van der Waals surface area contributed by atoms with E-state index in [-0.39, 0.29) is 25.5 Å². The molecule has 1 fully saturated rings. The van der Waals surface area contributed by atoms with Crippen LogP contribution in [0.15, 0.2) is 29.1 Å². The minimum absolute atomic E-state index is 0.0430. The Hall–Kier alpha value is -3.28. The molecule has 1 atom stereocenters. The summed E-state index contributed by atoms with van der Waals surface area (Å²) in [5.74, 6) is -2.19. The molecule has 182 valence electrons. The van der Waals surface area contributed by atoms with Gasteiger partial charge in [0.1, 0.15) is 18.1 Å². The smallest absolute Gasteiger partial charge is 0.406 e. The van der Waals surface area contributed by atoms with Crippen molar-refractivity contribution in [2.45, 2.75) is 31.6 Å². The van der Waals surface area contributed by atoms with Crippen molar-refractivity contribution in [3.05, 3.63) is 51.2 Å². The summed E-state index contributed by atoms with van der Waals surface area (Å²) in [6, 6.07) is 5.91. The number of hydrogen-bond donors (Lipinski definition) is 1. The van der Waals surface area contributed by atoms with Crippen LogP contribution in [0, 0.1) is 0 Å². The van der Waals surface area contributed by atoms with E-state index in [1.54, 1.807) is 24.3 Å². The van der Waals surface area contributed by atoms with Gasteiger partial charge in [-0.3, -0.25) is 14.4 Å². The number of para-hydroxylation sites is 1. The highest BCUT2D eigenvalue weighted by Gasteiger charge is 2.40. The van der Waals surface area contributed by atoms with Gasteiger partial charge in [0.05, 0.1) is 11.1 Å². The summed E-state index contributed by atoms with van der Waals surface area (Å²) < 4.78 is 45.3. The Morgan fingerprint density at radius 3 is 2.65 bits per heavy atom. The number of hydrogen-bond acceptors (Lipinski definition) is 6. The molecule has 0 spiro atoms. The van der Waals surface area contributed by atoms with Gasteiger partial charge in [0.2, 0.25) is 5.75 Å². The first-order valence-electron chi connectivity index (χ1n) is 10.4. The second kappa shape index (κ2) is 9.16. The highest BCUT2D eigenvalue weighted by molar-refractivity contribution is 6.32. The second-order valence-corrected chi connectivity index (χ2v) is 8.34. The summed E-state index contributed by atoms with van der Waals surface area (Å²) >= 11 is 6.04. The number of ether oxygens (including phenoxy) is 1. The maximum atomic E-state index is 12.9. The molecule has 0 unspecified atom stereocenters. The number of carbonyl (C=O) groups is 2. The summed E-state index contributed by atoms with van der Waals surface area (Å²) in [5, 5.41) is 10.5. The Morgan fingerprint density at radius 1 is 1.21 bits per heavy atom. The van der Waals surface area contributed by atoms with Crippen LogP contribution >= 0.6 is 11.6 Å². The average Bonchev–Trinajstić information content (AvgIpc) is 3.26. The monoisotopic (exact) mass is 500 g/mol. The third-order valence-corrected chi connectivity index (χ3v) is 6.01. The van der Waals surface area contributed by atoms with Crippen LogP contribution in [0.3, 0.4) is 0 Å². The maximum absolute atomic E-state index is 12.9. The van der Waals surface area contributed by atoms with Gasteiger partial charge >= 0.3 is 11.7 Å². The highest BCUT2D eigenvalue weighted by Crippen LogP contribution is 2.34. The highest BCUT2D eigenvalue weighted by atomic mass is 35.5. The standard InChI is InChI=1S/C21H20ClF3N4O5/c22-12-4-1-2-6-14(12)34-10-15(30)28-7-3-5-13(28)18-26-19(32)17(31)16-20(33)27(8-9-29(16)18)11-21(23,24)25/h1-2,4,6,13,31H,3,5,7-11H2/t13-/m0/s1. The SMILES string of the molecule is O=C1c2c(O)c(=O)nc([C@@H]3CCCN3C(=O)COc3ccccc3Cl)n2CCN1CC(F)(F)F. The van der Waals surface area contributed by atoms with E-state index >= 15 is 0 Å². The number of fused-ring (bicyclic) bond motifs is 1. The van der Waals surface area contributed by atoms with Crippen molar-refractivity contribution in [3.63, 3.8) is 0 Å². The zero-order valence-electron chi connectivity index (χ0n) is 17.7. The molecule has 13 heteroatoms. The van der Waals surface area contributed by atoms with Gasteiger partial charge in [-0.2, -0.15) is 18.2 Å². The fourth-order valence-corrected chi connectivity index (χ4v) is 4.41. The first kappa shape index (κ1) is 23.9. The lowest BCUT2D eigenvalue weighted by Crippen LogP contribution is -2.47. The molecule has 1 aromatic heterocycles. The van der Waals surface area contributed by atoms with Gasteiger partial charge in [0, 0.05) is 19.6 Å². The van der Waals surface area contributed by atoms with E-state index in [0.29, 0.717) is 35.1 Å². The van der Waals surface area contributed by atoms with E-state index in [4.69, 9.17) is 16.3 Å². The van der Waals surface area contributed by atoms with E-state index in [1.165, 1.54) is 9.47 Å². The van der Waals surface area contributed by atoms with Gasteiger partial charge in [-0.1, -0.05) is 23.7 Å². The minimum Gasteiger partial charge on any atom is -0.501 e. The molecule has 0 bridgehead atoms. The van der Waals surface area contributed by atoms with Crippen LogP contribution in [0.1, 0.15) is 35.2 Å². The van der Waals surface area contributed by atoms with Crippen LogP contribution in [-0.2, 0) is 11.3 Å². The second-order valence-electron chi connectivity index (χ2n) is 7.93. The summed E-state index contributed by atoms with van der Waals surface area (Å²) in [4.78, 5) is 43.8. The fraction of sp³-hybridized carbons (Fsp3) is 0.429. The van der Waals surface area contributed by atoms with Crippen molar-refractivity contribution in [3.8, 4) is 11.5 Å². The average molecular weight is 501 g/mol. The van der Waals surface area contributed by atoms with Crippen LogP contribution in [0.4, 0.5) is 13.2 Å². The molecular weight excluding hydrogens is 481 g/mol. The molecule has 2 aliphatic heterocycles. The molecule has 3 heterocycles. The number of aromatic hydroxyl groups is 1. The van der Waals surface area contributed by atoms with Crippen LogP contribution in [0.5, 0.6) is 11.5 Å². The number of carbonyl (C=O) groups excluding carboxylic acids is 2. The van der Waals surface area contributed by atoms with Crippen LogP contribution in [-0.4, -0.2) is 68.7 Å². The summed E-state index contributed by atoms with van der Waals surface area (Å²) in [6.45, 7) is -1.94. The van der Waals surface area contributed by atoms with Crippen LogP contribution in [0.2, 0.25) is 5.02 Å². The Kier molecular flexibility index (Phi) is 6.43. The van der Waals surface area contributed by atoms with Crippen molar-refractivity contribution < 1.29 is 32.6 Å². The minimum atomic E-state index is -4.64. The number of amides is 2. The van der Waals surface area contributed by atoms with E-state index in [9.17, 15) is 32.7 Å². The third kappa shape index (κ3) is 4.67. The van der Waals surface area contributed by atoms with Crippen molar-refractivity contribution in [2.24, 2.45) is 0 Å². The molecule has 9 nitrogen and oxygen atoms in total. The van der Waals surface area contributed by atoms with Gasteiger partial charge in [0.25, 0.3) is 11.8 Å². The van der Waals surface area contributed by atoms with Gasteiger partial charge in [-0.05, 0) is 25.0 Å². The molecule has 2 amide bonds. The number of alkyl halides is 3. The van der Waals surface area contributed by atoms with E-state index < -0.39 is 47.6 Å². The molecule has 2 aromatic rings. The lowest BCUT2D eigenvalue weighted by molar-refractivity contribution is -0.141. The van der Waals surface area contributed by atoms with Gasteiger partial charge in [-0.25, -0.2) is 0 Å². The van der Waals surface area contributed by atoms with Crippen molar-refractivity contribution in [1.29, 1.82) is 0 Å². The van der Waals surface area contributed by atoms with Crippen molar-refractivity contribution in [1.82, 2.24) is 19.4 Å². The number of benzene rings is 1. The number of nitrogens with zero attached hydrogens (tertiary/aromatic N) is 4. The molecule has 0 radical (unpaired) electrons.